The number of ketones is 1. The number of ether oxygens (including phenoxy) is 4. The minimum atomic E-state index is -4.37. The average Bonchev–Trinajstić information content (AvgIpc) is 3.54. The molecule has 1 N–H and O–H groups in total. The van der Waals surface area contributed by atoms with Crippen LogP contribution in [0.15, 0.2) is 41.3 Å². The lowest BCUT2D eigenvalue weighted by Gasteiger charge is -2.54. The van der Waals surface area contributed by atoms with Crippen molar-refractivity contribution in [2.45, 2.75) is 61.4 Å². The van der Waals surface area contributed by atoms with E-state index < -0.39 is 69.7 Å². The van der Waals surface area contributed by atoms with Crippen LogP contribution in [0.5, 0.6) is 5.75 Å². The molecule has 41 heavy (non-hydrogen) atoms. The Labute approximate surface area is 234 Å². The number of hydrogen-bond donors (Lipinski definition) is 1. The number of hydrogen-bond acceptors (Lipinski definition) is 10. The average molecular weight is 583 g/mol. The maximum Gasteiger partial charge on any atom is 0.318 e. The van der Waals surface area contributed by atoms with Gasteiger partial charge in [0, 0.05) is 11.8 Å². The van der Waals surface area contributed by atoms with Gasteiger partial charge in [-0.05, 0) is 73.1 Å². The molecule has 11 nitrogen and oxygen atoms in total. The normalized spacial score (nSPS) is 39.8. The van der Waals surface area contributed by atoms with E-state index in [0.717, 1.165) is 12.8 Å². The Balaban J connectivity index is 1.03. The number of carbonyl (C=O) groups is 4. The van der Waals surface area contributed by atoms with Gasteiger partial charge in [0.2, 0.25) is 0 Å². The van der Waals surface area contributed by atoms with Crippen molar-refractivity contribution >= 4 is 44.6 Å². The summed E-state index contributed by atoms with van der Waals surface area (Å²) in [5.74, 6) is -3.11. The first kappa shape index (κ1) is 25.4. The highest BCUT2D eigenvalue weighted by Crippen LogP contribution is 2.60. The minimum absolute atomic E-state index is 0.108. The van der Waals surface area contributed by atoms with Crippen molar-refractivity contribution < 1.29 is 51.1 Å². The van der Waals surface area contributed by atoms with Crippen LogP contribution in [0.1, 0.15) is 32.1 Å². The van der Waals surface area contributed by atoms with Gasteiger partial charge in [0.05, 0.1) is 10.3 Å². The van der Waals surface area contributed by atoms with E-state index in [0.29, 0.717) is 36.0 Å². The molecular weight excluding hydrogens is 556 g/mol. The second-order valence-corrected chi connectivity index (χ2v) is 13.9. The zero-order valence-electron chi connectivity index (χ0n) is 21.6. The fourth-order valence-corrected chi connectivity index (χ4v) is 9.11. The highest BCUT2D eigenvalue weighted by molar-refractivity contribution is 7.85. The van der Waals surface area contributed by atoms with Crippen LogP contribution in [0.25, 0.3) is 10.8 Å². The molecule has 7 fully saturated rings. The zero-order chi connectivity index (χ0) is 28.4. The molecule has 6 bridgehead atoms. The molecule has 8 unspecified atom stereocenters. The van der Waals surface area contributed by atoms with E-state index in [1.807, 2.05) is 0 Å². The summed E-state index contributed by atoms with van der Waals surface area (Å²) >= 11 is 0. The van der Waals surface area contributed by atoms with Gasteiger partial charge in [-0.3, -0.25) is 23.7 Å². The number of Topliss-reactive ketones (excluding diaryl/α,β-unsaturated/α-hetero) is 1. The Bertz CT molecular complexity index is 1650. The van der Waals surface area contributed by atoms with Gasteiger partial charge in [0.1, 0.15) is 35.6 Å². The predicted molar refractivity (Wildman–Crippen MR) is 136 cm³/mol. The summed E-state index contributed by atoms with van der Waals surface area (Å²) in [4.78, 5) is 52.2. The molecule has 3 heterocycles. The van der Waals surface area contributed by atoms with Gasteiger partial charge in [0.15, 0.2) is 12.2 Å². The Kier molecular flexibility index (Phi) is 5.17. The first-order valence-corrected chi connectivity index (χ1v) is 15.3. The van der Waals surface area contributed by atoms with Gasteiger partial charge in [0.25, 0.3) is 10.1 Å². The molecule has 9 rings (SSSR count). The van der Waals surface area contributed by atoms with E-state index in [2.05, 4.69) is 0 Å². The molecule has 8 atom stereocenters. The lowest BCUT2D eigenvalue weighted by Crippen LogP contribution is -2.56. The second-order valence-electron chi connectivity index (χ2n) is 12.5. The molecule has 7 aliphatic rings. The quantitative estimate of drug-likeness (QED) is 0.313. The predicted octanol–water partition coefficient (Wildman–Crippen LogP) is 2.24. The Morgan fingerprint density at radius 1 is 0.927 bits per heavy atom. The smallest absolute Gasteiger partial charge is 0.318 e. The third-order valence-electron chi connectivity index (χ3n) is 10.1. The van der Waals surface area contributed by atoms with Crippen LogP contribution in [-0.2, 0) is 43.5 Å². The first-order valence-electron chi connectivity index (χ1n) is 13.8. The maximum absolute atomic E-state index is 13.7. The van der Waals surface area contributed by atoms with Crippen LogP contribution in [0.2, 0.25) is 0 Å². The number of carbonyl (C=O) groups excluding carboxylic acids is 4. The van der Waals surface area contributed by atoms with E-state index in [9.17, 15) is 32.1 Å². The maximum atomic E-state index is 13.7. The Hall–Kier alpha value is -3.35. The van der Waals surface area contributed by atoms with Gasteiger partial charge in [-0.15, -0.1) is 0 Å². The molecule has 0 spiro atoms. The van der Waals surface area contributed by atoms with Crippen LogP contribution < -0.4 is 4.74 Å². The molecular formula is C29H26O11S. The van der Waals surface area contributed by atoms with Gasteiger partial charge >= 0.3 is 17.9 Å². The molecule has 4 aliphatic carbocycles. The lowest BCUT2D eigenvalue weighted by atomic mass is 9.49. The third-order valence-corrected chi connectivity index (χ3v) is 11.0. The molecule has 0 amide bonds. The van der Waals surface area contributed by atoms with Gasteiger partial charge in [-0.25, -0.2) is 0 Å². The largest absolute Gasteiger partial charge is 0.455 e. The SMILES string of the molecule is O=C1C2CC3CC1CC(C(=O)OC1C4OC(=O)C5C4OC1C5C(=O)Oc1ccc4cc(S(=O)(=O)O)ccc4c1)(C3)C2. The molecule has 3 aliphatic heterocycles. The molecule has 12 heteroatoms. The summed E-state index contributed by atoms with van der Waals surface area (Å²) in [7, 11) is -4.37. The van der Waals surface area contributed by atoms with Crippen LogP contribution in [0, 0.1) is 35.0 Å². The van der Waals surface area contributed by atoms with Crippen molar-refractivity contribution in [3.63, 3.8) is 0 Å². The van der Waals surface area contributed by atoms with Crippen molar-refractivity contribution in [3.8, 4) is 5.75 Å². The second kappa shape index (κ2) is 8.36. The minimum Gasteiger partial charge on any atom is -0.455 e. The van der Waals surface area contributed by atoms with Crippen molar-refractivity contribution in [1.82, 2.24) is 0 Å². The monoisotopic (exact) mass is 582 g/mol. The van der Waals surface area contributed by atoms with Crippen LogP contribution in [0.4, 0.5) is 0 Å². The van der Waals surface area contributed by atoms with Crippen molar-refractivity contribution in [2.24, 2.45) is 35.0 Å². The lowest BCUT2D eigenvalue weighted by molar-refractivity contribution is -0.186. The number of rotatable bonds is 5. The van der Waals surface area contributed by atoms with Crippen LogP contribution in [0.3, 0.4) is 0 Å². The molecule has 2 aromatic rings. The third kappa shape index (κ3) is 3.66. The van der Waals surface area contributed by atoms with Crippen LogP contribution in [-0.4, -0.2) is 61.1 Å². The van der Waals surface area contributed by atoms with Gasteiger partial charge in [-0.2, -0.15) is 8.42 Å². The molecule has 0 aromatic heterocycles. The highest BCUT2D eigenvalue weighted by Gasteiger charge is 2.72. The van der Waals surface area contributed by atoms with Crippen molar-refractivity contribution in [2.75, 3.05) is 0 Å². The van der Waals surface area contributed by atoms with E-state index in [1.54, 1.807) is 6.07 Å². The first-order chi connectivity index (χ1) is 19.5. The summed E-state index contributed by atoms with van der Waals surface area (Å²) in [6.07, 6.45) is -0.0907. The highest BCUT2D eigenvalue weighted by atomic mass is 32.2. The van der Waals surface area contributed by atoms with Gasteiger partial charge < -0.3 is 18.9 Å². The summed E-state index contributed by atoms with van der Waals surface area (Å²) in [6, 6.07) is 8.57. The summed E-state index contributed by atoms with van der Waals surface area (Å²) < 4.78 is 55.4. The van der Waals surface area contributed by atoms with E-state index in [-0.39, 0.29) is 28.3 Å². The molecule has 0 radical (unpaired) electrons. The summed E-state index contributed by atoms with van der Waals surface area (Å²) in [6.45, 7) is 0. The Morgan fingerprint density at radius 3 is 2.37 bits per heavy atom. The van der Waals surface area contributed by atoms with E-state index in [4.69, 9.17) is 18.9 Å². The van der Waals surface area contributed by atoms with Crippen LogP contribution >= 0.6 is 0 Å². The Morgan fingerprint density at radius 2 is 1.63 bits per heavy atom. The molecule has 214 valence electrons. The molecule has 4 saturated carbocycles. The number of esters is 3. The fraction of sp³-hybridized carbons (Fsp3) is 0.517. The standard InChI is InChI=1S/C29H26O11S/c30-21-15-5-12-6-16(21)11-29(9-12,10-15)28(33)40-25-23-19(20-22(38-23)24(25)39-27(20)32)26(31)37-17-3-1-14-8-18(41(34,35)36)4-2-13(14)7-17/h1-4,7-8,12,15-16,19-20,22-25H,5-6,9-11H2,(H,34,35,36). The topological polar surface area (TPSA) is 160 Å². The van der Waals surface area contributed by atoms with Gasteiger partial charge in [-0.1, -0.05) is 12.1 Å². The molecule has 3 saturated heterocycles. The fourth-order valence-electron chi connectivity index (χ4n) is 8.59. The number of fused-ring (bicyclic) bond motifs is 2. The van der Waals surface area contributed by atoms with E-state index in [1.165, 1.54) is 30.3 Å². The van der Waals surface area contributed by atoms with Crippen molar-refractivity contribution in [3.05, 3.63) is 36.4 Å². The summed E-state index contributed by atoms with van der Waals surface area (Å²) in [5, 5.41) is 1.07. The summed E-state index contributed by atoms with van der Waals surface area (Å²) in [5.41, 5.74) is -0.732. The number of benzene rings is 2. The molecule has 2 aromatic carbocycles. The zero-order valence-corrected chi connectivity index (χ0v) is 22.5. The van der Waals surface area contributed by atoms with Crippen molar-refractivity contribution in [1.29, 1.82) is 0 Å². The van der Waals surface area contributed by atoms with E-state index >= 15 is 0 Å².